The van der Waals surface area contributed by atoms with E-state index in [-0.39, 0.29) is 35.4 Å². The summed E-state index contributed by atoms with van der Waals surface area (Å²) in [5, 5.41) is 0.0536. The molecule has 1 aliphatic heterocycles. The van der Waals surface area contributed by atoms with Gasteiger partial charge in [-0.25, -0.2) is 0 Å². The summed E-state index contributed by atoms with van der Waals surface area (Å²) < 4.78 is 24.4. The number of carbonyl (C=O) groups is 1. The molecule has 0 N–H and O–H groups in total. The van der Waals surface area contributed by atoms with E-state index in [4.69, 9.17) is 18.6 Å². The van der Waals surface area contributed by atoms with Gasteiger partial charge >= 0.3 is 5.97 Å². The summed E-state index contributed by atoms with van der Waals surface area (Å²) in [5.41, 5.74) is 0. The molecule has 0 bridgehead atoms. The van der Waals surface area contributed by atoms with Gasteiger partial charge in [0.15, 0.2) is 14.1 Å². The van der Waals surface area contributed by atoms with Crippen molar-refractivity contribution in [2.75, 3.05) is 0 Å². The molecule has 0 aromatic rings. The van der Waals surface area contributed by atoms with Crippen LogP contribution in [-0.4, -0.2) is 44.5 Å². The van der Waals surface area contributed by atoms with E-state index in [9.17, 15) is 4.79 Å². The smallest absolute Gasteiger partial charge is 0.303 e. The minimum Gasteiger partial charge on any atom is -0.459 e. The zero-order valence-corrected chi connectivity index (χ0v) is 17.2. The molecular formula is C18H32O5Si. The summed E-state index contributed by atoms with van der Waals surface area (Å²) in [5.74, 6) is -0.971. The number of carbonyl (C=O) groups excluding carboxylic acids is 1. The van der Waals surface area contributed by atoms with Gasteiger partial charge in [-0.1, -0.05) is 32.9 Å². The predicted molar refractivity (Wildman–Crippen MR) is 95.2 cm³/mol. The highest BCUT2D eigenvalue weighted by Crippen LogP contribution is 2.42. The highest BCUT2D eigenvalue weighted by atomic mass is 28.4. The van der Waals surface area contributed by atoms with E-state index in [1.54, 1.807) is 0 Å². The third-order valence-corrected chi connectivity index (χ3v) is 9.58. The predicted octanol–water partition coefficient (Wildman–Crippen LogP) is 3.79. The summed E-state index contributed by atoms with van der Waals surface area (Å²) in [6.45, 7) is 16.2. The summed E-state index contributed by atoms with van der Waals surface area (Å²) in [7, 11) is -2.07. The van der Waals surface area contributed by atoms with Crippen molar-refractivity contribution in [1.29, 1.82) is 0 Å². The van der Waals surface area contributed by atoms with Crippen LogP contribution >= 0.6 is 0 Å². The Morgan fingerprint density at radius 1 is 1.25 bits per heavy atom. The van der Waals surface area contributed by atoms with Crippen molar-refractivity contribution in [3.05, 3.63) is 12.2 Å². The second-order valence-electron chi connectivity index (χ2n) is 8.72. The van der Waals surface area contributed by atoms with Crippen LogP contribution in [0.1, 0.15) is 48.0 Å². The molecule has 1 unspecified atom stereocenters. The van der Waals surface area contributed by atoms with Crippen LogP contribution in [0.2, 0.25) is 18.1 Å². The number of rotatable bonds is 3. The molecule has 1 aliphatic carbocycles. The Morgan fingerprint density at radius 3 is 2.42 bits per heavy atom. The maximum atomic E-state index is 11.6. The largest absolute Gasteiger partial charge is 0.459 e. The van der Waals surface area contributed by atoms with E-state index >= 15 is 0 Å². The fraction of sp³-hybridized carbons (Fsp3) is 0.833. The molecule has 2 rings (SSSR count). The van der Waals surface area contributed by atoms with Crippen LogP contribution in [0, 0.1) is 0 Å². The Balaban J connectivity index is 2.33. The van der Waals surface area contributed by atoms with Gasteiger partial charge in [0.05, 0.1) is 0 Å². The zero-order valence-electron chi connectivity index (χ0n) is 16.2. The van der Waals surface area contributed by atoms with Gasteiger partial charge in [-0.2, -0.15) is 0 Å². The number of ether oxygens (including phenoxy) is 3. The van der Waals surface area contributed by atoms with E-state index in [0.717, 1.165) is 0 Å². The lowest BCUT2D eigenvalue weighted by molar-refractivity contribution is -0.170. The number of fused-ring (bicyclic) bond motifs is 1. The van der Waals surface area contributed by atoms with Crippen LogP contribution in [0.3, 0.4) is 0 Å². The molecule has 138 valence electrons. The first kappa shape index (κ1) is 19.6. The van der Waals surface area contributed by atoms with E-state index in [1.165, 1.54) is 6.92 Å². The van der Waals surface area contributed by atoms with Gasteiger partial charge in [-0.15, -0.1) is 0 Å². The molecule has 6 heteroatoms. The molecule has 0 saturated carbocycles. The second-order valence-corrected chi connectivity index (χ2v) is 13.5. The Kier molecular flexibility index (Phi) is 5.36. The summed E-state index contributed by atoms with van der Waals surface area (Å²) in [4.78, 5) is 11.6. The van der Waals surface area contributed by atoms with E-state index < -0.39 is 14.1 Å². The van der Waals surface area contributed by atoms with Gasteiger partial charge in [0.1, 0.15) is 24.4 Å². The van der Waals surface area contributed by atoms with E-state index in [2.05, 4.69) is 33.9 Å². The normalized spacial score (nSPS) is 33.0. The fourth-order valence-electron chi connectivity index (χ4n) is 2.90. The van der Waals surface area contributed by atoms with Crippen LogP contribution < -0.4 is 0 Å². The van der Waals surface area contributed by atoms with Gasteiger partial charge in [0, 0.05) is 13.3 Å². The van der Waals surface area contributed by atoms with Gasteiger partial charge < -0.3 is 18.6 Å². The van der Waals surface area contributed by atoms with Crippen LogP contribution in [0.4, 0.5) is 0 Å². The first-order chi connectivity index (χ1) is 10.8. The Morgan fingerprint density at radius 2 is 1.88 bits per heavy atom. The Hall–Kier alpha value is -0.693. The maximum Gasteiger partial charge on any atom is 0.303 e. The molecule has 1 heterocycles. The highest BCUT2D eigenvalue weighted by molar-refractivity contribution is 6.74. The molecule has 0 spiro atoms. The molecule has 5 nitrogen and oxygen atoms in total. The number of hydrogen-bond acceptors (Lipinski definition) is 5. The number of hydrogen-bond donors (Lipinski definition) is 0. The van der Waals surface area contributed by atoms with Gasteiger partial charge in [-0.3, -0.25) is 4.79 Å². The molecule has 2 aliphatic rings. The second kappa shape index (κ2) is 6.55. The lowest BCUT2D eigenvalue weighted by Gasteiger charge is -2.42. The SMILES string of the molecule is CC(=O)OC1CC=C[C@@H]2OC(C)(C)O[C@@H]2[C@H]1O[Si](C)(C)C(C)(C)C. The first-order valence-electron chi connectivity index (χ1n) is 8.70. The average molecular weight is 357 g/mol. The molecule has 0 aromatic heterocycles. The molecule has 4 atom stereocenters. The zero-order chi connectivity index (χ0) is 18.3. The third kappa shape index (κ3) is 4.28. The van der Waals surface area contributed by atoms with Crippen molar-refractivity contribution in [2.45, 2.75) is 96.3 Å². The molecule has 0 radical (unpaired) electrons. The van der Waals surface area contributed by atoms with Crippen molar-refractivity contribution >= 4 is 14.3 Å². The standard InChI is InChI=1S/C18H32O5Si/c1-12(19)20-13-10-9-11-14-15(22-18(5,6)21-14)16(13)23-24(7,8)17(2,3)4/h9,11,13-16H,10H2,1-8H3/t13?,14-,15-,16-/m0/s1. The fourth-order valence-corrected chi connectivity index (χ4v) is 4.22. The maximum absolute atomic E-state index is 11.6. The molecule has 0 amide bonds. The number of esters is 1. The van der Waals surface area contributed by atoms with Crippen LogP contribution in [-0.2, 0) is 23.4 Å². The lowest BCUT2D eigenvalue weighted by Crippen LogP contribution is -2.53. The van der Waals surface area contributed by atoms with Gasteiger partial charge in [0.2, 0.25) is 0 Å². The van der Waals surface area contributed by atoms with Crippen LogP contribution in [0.5, 0.6) is 0 Å². The van der Waals surface area contributed by atoms with Crippen molar-refractivity contribution < 1.29 is 23.4 Å². The molecule has 24 heavy (non-hydrogen) atoms. The van der Waals surface area contributed by atoms with Crippen molar-refractivity contribution in [1.82, 2.24) is 0 Å². The van der Waals surface area contributed by atoms with Crippen LogP contribution in [0.15, 0.2) is 12.2 Å². The summed E-state index contributed by atoms with van der Waals surface area (Å²) >= 11 is 0. The molecular weight excluding hydrogens is 324 g/mol. The van der Waals surface area contributed by atoms with Gasteiger partial charge in [-0.05, 0) is 32.0 Å². The third-order valence-electron chi connectivity index (χ3n) is 5.10. The quantitative estimate of drug-likeness (QED) is 0.437. The summed E-state index contributed by atoms with van der Waals surface area (Å²) in [6, 6.07) is 0. The van der Waals surface area contributed by atoms with Crippen molar-refractivity contribution in [3.63, 3.8) is 0 Å². The lowest BCUT2D eigenvalue weighted by atomic mass is 10.0. The first-order valence-corrected chi connectivity index (χ1v) is 11.6. The minimum atomic E-state index is -2.07. The van der Waals surface area contributed by atoms with Crippen molar-refractivity contribution in [2.24, 2.45) is 0 Å². The van der Waals surface area contributed by atoms with Crippen LogP contribution in [0.25, 0.3) is 0 Å². The van der Waals surface area contributed by atoms with Crippen molar-refractivity contribution in [3.8, 4) is 0 Å². The molecule has 1 fully saturated rings. The Bertz CT molecular complexity index is 506. The molecule has 0 aromatic carbocycles. The van der Waals surface area contributed by atoms with Gasteiger partial charge in [0.25, 0.3) is 0 Å². The average Bonchev–Trinajstić information content (AvgIpc) is 2.61. The van der Waals surface area contributed by atoms with E-state index in [0.29, 0.717) is 6.42 Å². The Labute approximate surface area is 146 Å². The topological polar surface area (TPSA) is 54.0 Å². The summed E-state index contributed by atoms with van der Waals surface area (Å²) in [6.07, 6.45) is 3.46. The minimum absolute atomic E-state index is 0.0536. The monoisotopic (exact) mass is 356 g/mol. The highest BCUT2D eigenvalue weighted by Gasteiger charge is 2.51. The molecule has 1 saturated heterocycles. The van der Waals surface area contributed by atoms with E-state index in [1.807, 2.05) is 26.0 Å².